The summed E-state index contributed by atoms with van der Waals surface area (Å²) in [7, 11) is 1.76. The summed E-state index contributed by atoms with van der Waals surface area (Å²) in [6.07, 6.45) is 4.51. The summed E-state index contributed by atoms with van der Waals surface area (Å²) in [6.45, 7) is 8.70. The molecule has 2 rings (SSSR count). The number of hydrogen-bond donors (Lipinski definition) is 1. The number of aliphatic hydroxyl groups is 1. The number of rotatable bonds is 4. The fourth-order valence-electron chi connectivity index (χ4n) is 3.84. The summed E-state index contributed by atoms with van der Waals surface area (Å²) in [4.78, 5) is 0. The molecule has 2 nitrogen and oxygen atoms in total. The molecule has 118 valence electrons. The minimum atomic E-state index is -0.421. The lowest BCUT2D eigenvalue weighted by atomic mass is 9.74. The van der Waals surface area contributed by atoms with Crippen molar-refractivity contribution in [2.24, 2.45) is 5.92 Å². The summed E-state index contributed by atoms with van der Waals surface area (Å²) in [6, 6.07) is 4.41. The molecule has 1 unspecified atom stereocenters. The zero-order chi connectivity index (χ0) is 15.6. The normalized spacial score (nSPS) is 27.6. The molecule has 0 heterocycles. The van der Waals surface area contributed by atoms with Gasteiger partial charge in [-0.3, -0.25) is 0 Å². The zero-order valence-electron chi connectivity index (χ0n) is 14.2. The number of hydrogen-bond acceptors (Lipinski definition) is 2. The van der Waals surface area contributed by atoms with Gasteiger partial charge in [0.1, 0.15) is 0 Å². The van der Waals surface area contributed by atoms with Gasteiger partial charge in [0.2, 0.25) is 0 Å². The topological polar surface area (TPSA) is 29.5 Å². The highest BCUT2D eigenvalue weighted by Crippen LogP contribution is 2.38. The molecule has 0 aromatic heterocycles. The van der Waals surface area contributed by atoms with Crippen LogP contribution in [0.25, 0.3) is 0 Å². The first kappa shape index (κ1) is 16.5. The highest BCUT2D eigenvalue weighted by Gasteiger charge is 2.40. The van der Waals surface area contributed by atoms with E-state index in [1.165, 1.54) is 22.3 Å². The van der Waals surface area contributed by atoms with E-state index in [1.807, 2.05) is 0 Å². The summed E-state index contributed by atoms with van der Waals surface area (Å²) in [5, 5.41) is 10.9. The van der Waals surface area contributed by atoms with Crippen LogP contribution in [0.2, 0.25) is 0 Å². The highest BCUT2D eigenvalue weighted by atomic mass is 16.5. The molecule has 1 aliphatic rings. The molecule has 1 fully saturated rings. The smallest absolute Gasteiger partial charge is 0.0939 e. The first-order valence-electron chi connectivity index (χ1n) is 8.18. The van der Waals surface area contributed by atoms with Gasteiger partial charge in [0.25, 0.3) is 0 Å². The van der Waals surface area contributed by atoms with Crippen molar-refractivity contribution in [2.45, 2.75) is 71.5 Å². The zero-order valence-corrected chi connectivity index (χ0v) is 14.2. The Balaban J connectivity index is 2.18. The lowest BCUT2D eigenvalue weighted by Crippen LogP contribution is -2.48. The largest absolute Gasteiger partial charge is 0.390 e. The monoisotopic (exact) mass is 290 g/mol. The van der Waals surface area contributed by atoms with Gasteiger partial charge in [-0.1, -0.05) is 24.6 Å². The van der Waals surface area contributed by atoms with E-state index in [-0.39, 0.29) is 5.60 Å². The van der Waals surface area contributed by atoms with Crippen LogP contribution in [0.5, 0.6) is 0 Å². The maximum absolute atomic E-state index is 10.9. The van der Waals surface area contributed by atoms with Crippen LogP contribution in [0.15, 0.2) is 12.1 Å². The predicted octanol–water partition coefficient (Wildman–Crippen LogP) is 4.11. The number of aryl methyl sites for hydroxylation is 3. The molecule has 1 aromatic rings. The molecule has 1 atom stereocenters. The van der Waals surface area contributed by atoms with Gasteiger partial charge < -0.3 is 9.84 Å². The molecular formula is C19H30O2. The summed E-state index contributed by atoms with van der Waals surface area (Å²) >= 11 is 0. The minimum Gasteiger partial charge on any atom is -0.390 e. The molecule has 1 saturated carbocycles. The predicted molar refractivity (Wildman–Crippen MR) is 87.7 cm³/mol. The summed E-state index contributed by atoms with van der Waals surface area (Å²) < 4.78 is 5.81. The summed E-state index contributed by atoms with van der Waals surface area (Å²) in [5.74, 6) is 0.753. The second-order valence-electron chi connectivity index (χ2n) is 7.05. The van der Waals surface area contributed by atoms with E-state index in [1.54, 1.807) is 7.11 Å². The Morgan fingerprint density at radius 3 is 2.19 bits per heavy atom. The Hall–Kier alpha value is -0.860. The van der Waals surface area contributed by atoms with E-state index in [2.05, 4.69) is 39.8 Å². The molecule has 2 heteroatoms. The molecular weight excluding hydrogens is 260 g/mol. The van der Waals surface area contributed by atoms with Crippen molar-refractivity contribution in [1.82, 2.24) is 0 Å². The lowest BCUT2D eigenvalue weighted by molar-refractivity contribution is -0.127. The highest BCUT2D eigenvalue weighted by molar-refractivity contribution is 5.38. The van der Waals surface area contributed by atoms with Crippen LogP contribution in [0.1, 0.15) is 54.9 Å². The molecule has 0 aliphatic heterocycles. The molecule has 0 radical (unpaired) electrons. The third kappa shape index (κ3) is 3.49. The van der Waals surface area contributed by atoms with Crippen molar-refractivity contribution < 1.29 is 9.84 Å². The van der Waals surface area contributed by atoms with Crippen LogP contribution < -0.4 is 0 Å². The van der Waals surface area contributed by atoms with Crippen LogP contribution in [0, 0.1) is 26.7 Å². The van der Waals surface area contributed by atoms with Crippen LogP contribution in [-0.4, -0.2) is 23.9 Å². The Bertz CT molecular complexity index is 461. The van der Waals surface area contributed by atoms with E-state index >= 15 is 0 Å². The van der Waals surface area contributed by atoms with Gasteiger partial charge in [0.05, 0.1) is 11.7 Å². The van der Waals surface area contributed by atoms with Crippen molar-refractivity contribution in [3.63, 3.8) is 0 Å². The minimum absolute atomic E-state index is 0.351. The maximum Gasteiger partial charge on any atom is 0.0939 e. The van der Waals surface area contributed by atoms with E-state index in [0.717, 1.165) is 31.6 Å². The third-order valence-corrected chi connectivity index (χ3v) is 5.37. The van der Waals surface area contributed by atoms with Gasteiger partial charge in [-0.15, -0.1) is 0 Å². The van der Waals surface area contributed by atoms with Gasteiger partial charge in [0.15, 0.2) is 0 Å². The molecule has 1 aromatic carbocycles. The van der Waals surface area contributed by atoms with E-state index < -0.39 is 6.10 Å². The quantitative estimate of drug-likeness (QED) is 0.904. The summed E-state index contributed by atoms with van der Waals surface area (Å²) in [5.41, 5.74) is 4.78. The molecule has 1 aliphatic carbocycles. The Morgan fingerprint density at radius 2 is 1.71 bits per heavy atom. The average Bonchev–Trinajstić information content (AvgIpc) is 2.43. The standard InChI is InChI=1S/C19H30O2/c1-13-6-8-19(21-5,9-7-13)18(20)12-17-15(3)10-14(2)11-16(17)4/h10-11,13,18,20H,6-9,12H2,1-5H3. The average molecular weight is 290 g/mol. The van der Waals surface area contributed by atoms with Crippen LogP contribution >= 0.6 is 0 Å². The Morgan fingerprint density at radius 1 is 1.19 bits per heavy atom. The van der Waals surface area contributed by atoms with Crippen LogP contribution in [0.4, 0.5) is 0 Å². The maximum atomic E-state index is 10.9. The fourth-order valence-corrected chi connectivity index (χ4v) is 3.84. The van der Waals surface area contributed by atoms with E-state index in [9.17, 15) is 5.11 Å². The van der Waals surface area contributed by atoms with Crippen molar-refractivity contribution in [2.75, 3.05) is 7.11 Å². The van der Waals surface area contributed by atoms with Gasteiger partial charge >= 0.3 is 0 Å². The Labute approximate surface area is 129 Å². The number of methoxy groups -OCH3 is 1. The van der Waals surface area contributed by atoms with Gasteiger partial charge in [-0.25, -0.2) is 0 Å². The Kier molecular flexibility index (Phi) is 5.11. The molecule has 0 amide bonds. The molecule has 0 spiro atoms. The number of aliphatic hydroxyl groups excluding tert-OH is 1. The van der Waals surface area contributed by atoms with E-state index in [4.69, 9.17) is 4.74 Å². The molecule has 1 N–H and O–H groups in total. The molecule has 21 heavy (non-hydrogen) atoms. The molecule has 0 bridgehead atoms. The second-order valence-corrected chi connectivity index (χ2v) is 7.05. The van der Waals surface area contributed by atoms with Gasteiger partial charge in [-0.05, 0) is 69.1 Å². The van der Waals surface area contributed by atoms with Crippen molar-refractivity contribution >= 4 is 0 Å². The van der Waals surface area contributed by atoms with Crippen LogP contribution in [0.3, 0.4) is 0 Å². The van der Waals surface area contributed by atoms with E-state index in [0.29, 0.717) is 6.42 Å². The lowest BCUT2D eigenvalue weighted by Gasteiger charge is -2.42. The number of ether oxygens (including phenoxy) is 1. The first-order chi connectivity index (χ1) is 9.88. The van der Waals surface area contributed by atoms with Crippen molar-refractivity contribution in [1.29, 1.82) is 0 Å². The van der Waals surface area contributed by atoms with Crippen LogP contribution in [-0.2, 0) is 11.2 Å². The second kappa shape index (κ2) is 6.50. The van der Waals surface area contributed by atoms with Gasteiger partial charge in [0, 0.05) is 13.5 Å². The number of benzene rings is 1. The molecule has 0 saturated heterocycles. The SMILES string of the molecule is COC1(C(O)Cc2c(C)cc(C)cc2C)CCC(C)CC1. The van der Waals surface area contributed by atoms with Gasteiger partial charge in [-0.2, -0.15) is 0 Å². The third-order valence-electron chi connectivity index (χ3n) is 5.37. The van der Waals surface area contributed by atoms with Crippen molar-refractivity contribution in [3.8, 4) is 0 Å². The first-order valence-corrected chi connectivity index (χ1v) is 8.18. The van der Waals surface area contributed by atoms with Crippen molar-refractivity contribution in [3.05, 3.63) is 34.4 Å². The fraction of sp³-hybridized carbons (Fsp3) is 0.684.